The fourth-order valence-electron chi connectivity index (χ4n) is 2.67. The van der Waals surface area contributed by atoms with Crippen LogP contribution in [0.4, 0.5) is 0 Å². The van der Waals surface area contributed by atoms with Crippen LogP contribution in [0.1, 0.15) is 26.2 Å². The molecule has 18 heavy (non-hydrogen) atoms. The first-order chi connectivity index (χ1) is 8.59. The molecule has 1 aromatic rings. The van der Waals surface area contributed by atoms with Gasteiger partial charge in [-0.05, 0) is 38.3 Å². The first-order valence-corrected chi connectivity index (χ1v) is 8.37. The van der Waals surface area contributed by atoms with Crippen molar-refractivity contribution in [3.8, 4) is 0 Å². The van der Waals surface area contributed by atoms with E-state index in [9.17, 15) is 8.42 Å². The van der Waals surface area contributed by atoms with Crippen LogP contribution in [0.5, 0.6) is 0 Å². The van der Waals surface area contributed by atoms with Gasteiger partial charge in [0.2, 0.25) is 0 Å². The van der Waals surface area contributed by atoms with Crippen LogP contribution < -0.4 is 4.90 Å². The number of rotatable bonds is 4. The molecular weight excluding hydrogens is 246 g/mol. The molecule has 1 saturated heterocycles. The van der Waals surface area contributed by atoms with E-state index in [1.165, 1.54) is 24.2 Å². The Bertz CT molecular complexity index is 464. The first-order valence-electron chi connectivity index (χ1n) is 6.72. The Morgan fingerprint density at radius 1 is 1.11 bits per heavy atom. The Morgan fingerprint density at radius 2 is 1.72 bits per heavy atom. The van der Waals surface area contributed by atoms with Crippen molar-refractivity contribution in [1.29, 1.82) is 0 Å². The average molecular weight is 268 g/mol. The number of hydrogen-bond acceptors (Lipinski definition) is 2. The van der Waals surface area contributed by atoms with Gasteiger partial charge in [-0.25, -0.2) is 8.42 Å². The molecule has 0 amide bonds. The average Bonchev–Trinajstić information content (AvgIpc) is 2.40. The smallest absolute Gasteiger partial charge is 0.184 e. The first kappa shape index (κ1) is 13.6. The monoisotopic (exact) mass is 268 g/mol. The lowest BCUT2D eigenvalue weighted by Gasteiger charge is -2.29. The second kappa shape index (κ2) is 5.85. The highest BCUT2D eigenvalue weighted by Crippen LogP contribution is 2.10. The van der Waals surface area contributed by atoms with Gasteiger partial charge >= 0.3 is 0 Å². The molecule has 2 rings (SSSR count). The van der Waals surface area contributed by atoms with Gasteiger partial charge in [-0.3, -0.25) is 0 Å². The number of likely N-dealkylation sites (tertiary alicyclic amines) is 1. The summed E-state index contributed by atoms with van der Waals surface area (Å²) in [6.45, 7) is 4.29. The Labute approximate surface area is 110 Å². The van der Waals surface area contributed by atoms with Gasteiger partial charge in [0.1, 0.15) is 5.75 Å². The number of hydrogen-bond donors (Lipinski definition) is 1. The topological polar surface area (TPSA) is 38.6 Å². The third-order valence-electron chi connectivity index (χ3n) is 3.76. The van der Waals surface area contributed by atoms with E-state index in [1.807, 2.05) is 6.07 Å². The predicted octanol–water partition coefficient (Wildman–Crippen LogP) is 0.918. The minimum absolute atomic E-state index is 0.190. The van der Waals surface area contributed by atoms with E-state index >= 15 is 0 Å². The summed E-state index contributed by atoms with van der Waals surface area (Å²) in [6.07, 6.45) is 3.75. The zero-order valence-corrected chi connectivity index (χ0v) is 11.7. The second-order valence-electron chi connectivity index (χ2n) is 5.21. The van der Waals surface area contributed by atoms with Gasteiger partial charge in [-0.15, -0.1) is 0 Å². The number of nitrogens with one attached hydrogen (secondary N) is 1. The molecule has 4 heteroatoms. The maximum Gasteiger partial charge on any atom is 0.184 e. The van der Waals surface area contributed by atoms with Gasteiger partial charge in [-0.1, -0.05) is 18.2 Å². The Hall–Kier alpha value is -0.870. The van der Waals surface area contributed by atoms with Gasteiger partial charge in [0.25, 0.3) is 0 Å². The molecule has 0 bridgehead atoms. The van der Waals surface area contributed by atoms with E-state index < -0.39 is 9.84 Å². The maximum absolute atomic E-state index is 12.3. The summed E-state index contributed by atoms with van der Waals surface area (Å²) in [6, 6.07) is 8.98. The van der Waals surface area contributed by atoms with Crippen molar-refractivity contribution < 1.29 is 13.3 Å². The fourth-order valence-corrected chi connectivity index (χ4v) is 4.33. The Balaban J connectivity index is 2.04. The van der Waals surface area contributed by atoms with Crippen LogP contribution in [0.3, 0.4) is 0 Å². The molecule has 1 N–H and O–H groups in total. The number of benzene rings is 1. The molecule has 0 spiro atoms. The van der Waals surface area contributed by atoms with Crippen molar-refractivity contribution in [2.45, 2.75) is 37.1 Å². The molecule has 0 saturated carbocycles. The second-order valence-corrected chi connectivity index (χ2v) is 7.25. The van der Waals surface area contributed by atoms with Crippen molar-refractivity contribution in [1.82, 2.24) is 0 Å². The SMILES string of the molecule is C[C@H](CS(=O)(=O)c1ccccc1)[NH+]1CCCCC1. The molecule has 1 atom stereocenters. The molecule has 1 heterocycles. The van der Waals surface area contributed by atoms with E-state index in [4.69, 9.17) is 0 Å². The molecule has 3 nitrogen and oxygen atoms in total. The van der Waals surface area contributed by atoms with Crippen molar-refractivity contribution in [2.75, 3.05) is 18.8 Å². The summed E-state index contributed by atoms with van der Waals surface area (Å²) in [7, 11) is -3.13. The third-order valence-corrected chi connectivity index (χ3v) is 5.69. The molecule has 0 radical (unpaired) electrons. The van der Waals surface area contributed by atoms with Crippen LogP contribution in [-0.4, -0.2) is 33.3 Å². The van der Waals surface area contributed by atoms with Crippen molar-refractivity contribution in [2.24, 2.45) is 0 Å². The van der Waals surface area contributed by atoms with Crippen molar-refractivity contribution in [3.05, 3.63) is 30.3 Å². The third kappa shape index (κ3) is 3.33. The molecular formula is C14H22NO2S+. The fraction of sp³-hybridized carbons (Fsp3) is 0.571. The van der Waals surface area contributed by atoms with Crippen LogP contribution in [0.15, 0.2) is 35.2 Å². The van der Waals surface area contributed by atoms with Gasteiger partial charge in [-0.2, -0.15) is 0 Å². The van der Waals surface area contributed by atoms with Gasteiger partial charge in [0, 0.05) is 0 Å². The lowest BCUT2D eigenvalue weighted by atomic mass is 10.1. The molecule has 0 unspecified atom stereocenters. The Kier molecular flexibility index (Phi) is 4.40. The zero-order valence-electron chi connectivity index (χ0n) is 10.9. The van der Waals surface area contributed by atoms with E-state index in [0.29, 0.717) is 4.90 Å². The maximum atomic E-state index is 12.3. The highest BCUT2D eigenvalue weighted by Gasteiger charge is 2.26. The van der Waals surface area contributed by atoms with Gasteiger partial charge in [0.05, 0.1) is 24.0 Å². The van der Waals surface area contributed by atoms with Crippen LogP contribution in [-0.2, 0) is 9.84 Å². The Morgan fingerprint density at radius 3 is 2.33 bits per heavy atom. The van der Waals surface area contributed by atoms with Crippen LogP contribution in [0.2, 0.25) is 0 Å². The number of quaternary nitrogens is 1. The van der Waals surface area contributed by atoms with E-state index in [1.54, 1.807) is 24.3 Å². The van der Waals surface area contributed by atoms with Crippen molar-refractivity contribution in [3.63, 3.8) is 0 Å². The zero-order chi connectivity index (χ0) is 13.0. The lowest BCUT2D eigenvalue weighted by Crippen LogP contribution is -3.16. The molecule has 0 aliphatic carbocycles. The normalized spacial score (nSPS) is 19.6. The van der Waals surface area contributed by atoms with Gasteiger partial charge < -0.3 is 4.90 Å². The summed E-state index contributed by atoms with van der Waals surface area (Å²) >= 11 is 0. The largest absolute Gasteiger partial charge is 0.332 e. The van der Waals surface area contributed by atoms with E-state index in [0.717, 1.165) is 13.1 Å². The summed E-state index contributed by atoms with van der Waals surface area (Å²) in [5, 5.41) is 0. The molecule has 100 valence electrons. The molecule has 0 aromatic heterocycles. The van der Waals surface area contributed by atoms with Crippen LogP contribution >= 0.6 is 0 Å². The number of piperidine rings is 1. The summed E-state index contributed by atoms with van der Waals surface area (Å²) < 4.78 is 24.5. The summed E-state index contributed by atoms with van der Waals surface area (Å²) in [5.74, 6) is 0.256. The van der Waals surface area contributed by atoms with Gasteiger partial charge in [0.15, 0.2) is 9.84 Å². The van der Waals surface area contributed by atoms with E-state index in [2.05, 4.69) is 6.92 Å². The van der Waals surface area contributed by atoms with Crippen LogP contribution in [0.25, 0.3) is 0 Å². The lowest BCUT2D eigenvalue weighted by molar-refractivity contribution is -0.925. The summed E-state index contributed by atoms with van der Waals surface area (Å²) in [5.41, 5.74) is 0. The quantitative estimate of drug-likeness (QED) is 0.882. The highest BCUT2D eigenvalue weighted by atomic mass is 32.2. The molecule has 1 aromatic carbocycles. The minimum atomic E-state index is -3.13. The van der Waals surface area contributed by atoms with E-state index in [-0.39, 0.29) is 11.8 Å². The predicted molar refractivity (Wildman–Crippen MR) is 72.5 cm³/mol. The number of sulfone groups is 1. The van der Waals surface area contributed by atoms with Crippen molar-refractivity contribution >= 4 is 9.84 Å². The molecule has 1 fully saturated rings. The molecule has 1 aliphatic rings. The molecule has 1 aliphatic heterocycles. The summed E-state index contributed by atoms with van der Waals surface area (Å²) in [4.78, 5) is 1.90. The minimum Gasteiger partial charge on any atom is -0.332 e. The highest BCUT2D eigenvalue weighted by molar-refractivity contribution is 7.91. The standard InChI is InChI=1S/C14H21NO2S/c1-13(15-10-6-3-7-11-15)12-18(16,17)14-8-4-2-5-9-14/h2,4-5,8-9,13H,3,6-7,10-12H2,1H3/p+1/t13-/m1/s1. The van der Waals surface area contributed by atoms with Crippen LogP contribution in [0, 0.1) is 0 Å².